The number of nitrogens with one attached hydrogen (secondary N) is 1. The molecule has 106 valence electrons. The Kier molecular flexibility index (Phi) is 3.14. The highest BCUT2D eigenvalue weighted by Crippen LogP contribution is 2.33. The molecule has 0 bridgehead atoms. The lowest BCUT2D eigenvalue weighted by Gasteiger charge is -2.14. The van der Waals surface area contributed by atoms with E-state index in [1.165, 1.54) is 0 Å². The molecule has 0 unspecified atom stereocenters. The Hall–Kier alpha value is -2.75. The van der Waals surface area contributed by atoms with Gasteiger partial charge >= 0.3 is 0 Å². The molecular weight excluding hydrogens is 264 g/mol. The van der Waals surface area contributed by atoms with E-state index < -0.39 is 0 Å². The molecule has 0 aliphatic heterocycles. The third-order valence-corrected chi connectivity index (χ3v) is 3.58. The number of hydrogen-bond donors (Lipinski definition) is 2. The van der Waals surface area contributed by atoms with E-state index in [4.69, 9.17) is 0 Å². The van der Waals surface area contributed by atoms with Gasteiger partial charge in [0.1, 0.15) is 5.75 Å². The Balaban J connectivity index is 2.33. The van der Waals surface area contributed by atoms with Gasteiger partial charge in [-0.15, -0.1) is 0 Å². The van der Waals surface area contributed by atoms with Gasteiger partial charge in [-0.2, -0.15) is 0 Å². The normalized spacial score (nSPS) is 10.8. The van der Waals surface area contributed by atoms with Crippen LogP contribution >= 0.6 is 0 Å². The topological polar surface area (TPSA) is 56.3 Å². The highest BCUT2D eigenvalue weighted by molar-refractivity contribution is 6.00. The number of H-pyrrole nitrogens is 1. The first kappa shape index (κ1) is 13.2. The Morgan fingerprint density at radius 2 is 1.86 bits per heavy atom. The molecule has 0 aliphatic carbocycles. The number of phenols is 1. The van der Waals surface area contributed by atoms with E-state index >= 15 is 0 Å². The van der Waals surface area contributed by atoms with Crippen LogP contribution in [0.4, 0.5) is 5.69 Å². The van der Waals surface area contributed by atoms with Crippen molar-refractivity contribution in [1.82, 2.24) is 4.98 Å². The van der Waals surface area contributed by atoms with E-state index in [1.54, 1.807) is 24.4 Å². The quantitative estimate of drug-likeness (QED) is 0.758. The molecule has 0 atom stereocenters. The molecule has 0 radical (unpaired) electrons. The molecule has 4 nitrogen and oxygen atoms in total. The Morgan fingerprint density at radius 3 is 2.62 bits per heavy atom. The summed E-state index contributed by atoms with van der Waals surface area (Å²) in [5, 5.41) is 11.2. The number of fused-ring (bicyclic) bond motifs is 1. The maximum Gasteiger partial charge on any atom is 0.255 e. The molecule has 2 aromatic carbocycles. The van der Waals surface area contributed by atoms with Crippen LogP contribution in [0.25, 0.3) is 21.9 Å². The van der Waals surface area contributed by atoms with Crippen LogP contribution in [-0.2, 0) is 0 Å². The summed E-state index contributed by atoms with van der Waals surface area (Å²) in [4.78, 5) is 16.7. The largest absolute Gasteiger partial charge is 0.507 e. The minimum Gasteiger partial charge on any atom is -0.507 e. The first-order chi connectivity index (χ1) is 10.1. The van der Waals surface area contributed by atoms with Crippen molar-refractivity contribution in [3.05, 3.63) is 59.0 Å². The van der Waals surface area contributed by atoms with Crippen molar-refractivity contribution < 1.29 is 5.11 Å². The molecule has 4 heteroatoms. The fourth-order valence-electron chi connectivity index (χ4n) is 2.48. The van der Waals surface area contributed by atoms with Crippen LogP contribution in [0.3, 0.4) is 0 Å². The molecule has 1 aromatic heterocycles. The summed E-state index contributed by atoms with van der Waals surface area (Å²) < 4.78 is 0. The van der Waals surface area contributed by atoms with E-state index in [1.807, 2.05) is 43.3 Å². The van der Waals surface area contributed by atoms with Crippen molar-refractivity contribution in [2.75, 3.05) is 19.0 Å². The molecule has 0 aliphatic rings. The highest BCUT2D eigenvalue weighted by atomic mass is 16.3. The van der Waals surface area contributed by atoms with E-state index in [-0.39, 0.29) is 11.3 Å². The van der Waals surface area contributed by atoms with Gasteiger partial charge in [0.2, 0.25) is 0 Å². The van der Waals surface area contributed by atoms with E-state index in [9.17, 15) is 9.90 Å². The fraction of sp³-hybridized carbons (Fsp3) is 0.118. The average molecular weight is 280 g/mol. The summed E-state index contributed by atoms with van der Waals surface area (Å²) in [6, 6.07) is 13.0. The fourth-order valence-corrected chi connectivity index (χ4v) is 2.48. The molecule has 0 spiro atoms. The number of rotatable bonds is 2. The van der Waals surface area contributed by atoms with Gasteiger partial charge in [-0.05, 0) is 29.8 Å². The molecule has 3 aromatic rings. The summed E-state index contributed by atoms with van der Waals surface area (Å²) >= 11 is 0. The first-order valence-electron chi connectivity index (χ1n) is 6.69. The maximum absolute atomic E-state index is 11.9. The summed E-state index contributed by atoms with van der Waals surface area (Å²) in [5.41, 5.74) is 2.62. The van der Waals surface area contributed by atoms with Crippen molar-refractivity contribution in [3.8, 4) is 16.9 Å². The average Bonchev–Trinajstić information content (AvgIpc) is 2.48. The lowest BCUT2D eigenvalue weighted by molar-refractivity contribution is 0.481. The van der Waals surface area contributed by atoms with Gasteiger partial charge in [0.05, 0.1) is 5.39 Å². The van der Waals surface area contributed by atoms with Crippen molar-refractivity contribution in [2.45, 2.75) is 0 Å². The number of phenolic OH excluding ortho intramolecular Hbond substituents is 1. The van der Waals surface area contributed by atoms with Crippen LogP contribution in [-0.4, -0.2) is 24.2 Å². The van der Waals surface area contributed by atoms with Gasteiger partial charge < -0.3 is 15.0 Å². The number of anilines is 1. The standard InChI is InChI=1S/C17H16N2O2/c1-19(2)12-6-3-5-11(9-12)14-10-18-17(21)13-7-4-8-15(20)16(13)14/h3-10,20H,1-2H3,(H,18,21). The molecule has 2 N–H and O–H groups in total. The highest BCUT2D eigenvalue weighted by Gasteiger charge is 2.11. The zero-order valence-electron chi connectivity index (χ0n) is 11.9. The van der Waals surface area contributed by atoms with Crippen LogP contribution in [0.15, 0.2) is 53.5 Å². The molecule has 0 fully saturated rings. The molecule has 1 heterocycles. The van der Waals surface area contributed by atoms with Gasteiger partial charge in [0.25, 0.3) is 5.56 Å². The number of aromatic nitrogens is 1. The monoisotopic (exact) mass is 280 g/mol. The number of aromatic hydroxyl groups is 1. The zero-order valence-corrected chi connectivity index (χ0v) is 11.9. The molecule has 3 rings (SSSR count). The second-order valence-corrected chi connectivity index (χ2v) is 5.18. The molecule has 0 saturated carbocycles. The second kappa shape index (κ2) is 4.98. The van der Waals surface area contributed by atoms with Crippen LogP contribution < -0.4 is 10.5 Å². The van der Waals surface area contributed by atoms with Crippen LogP contribution in [0.5, 0.6) is 5.75 Å². The van der Waals surface area contributed by atoms with Crippen molar-refractivity contribution in [3.63, 3.8) is 0 Å². The smallest absolute Gasteiger partial charge is 0.255 e. The van der Waals surface area contributed by atoms with E-state index in [0.717, 1.165) is 16.8 Å². The van der Waals surface area contributed by atoms with Crippen molar-refractivity contribution >= 4 is 16.5 Å². The van der Waals surface area contributed by atoms with E-state index in [2.05, 4.69) is 4.98 Å². The Morgan fingerprint density at radius 1 is 1.10 bits per heavy atom. The predicted octanol–water partition coefficient (Wildman–Crippen LogP) is 2.97. The second-order valence-electron chi connectivity index (χ2n) is 5.18. The summed E-state index contributed by atoms with van der Waals surface area (Å²) in [6.07, 6.45) is 1.65. The number of benzene rings is 2. The van der Waals surface area contributed by atoms with Gasteiger partial charge in [-0.25, -0.2) is 0 Å². The summed E-state index contributed by atoms with van der Waals surface area (Å²) in [5.74, 6) is 0.115. The molecular formula is C17H16N2O2. The number of aromatic amines is 1. The van der Waals surface area contributed by atoms with Gasteiger partial charge in [-0.1, -0.05) is 18.2 Å². The maximum atomic E-state index is 11.9. The molecule has 0 amide bonds. The van der Waals surface area contributed by atoms with Gasteiger partial charge in [0.15, 0.2) is 0 Å². The van der Waals surface area contributed by atoms with Crippen molar-refractivity contribution in [1.29, 1.82) is 0 Å². The Bertz CT molecular complexity index is 866. The number of nitrogens with zero attached hydrogens (tertiary/aromatic N) is 1. The van der Waals surface area contributed by atoms with Crippen LogP contribution in [0.1, 0.15) is 0 Å². The molecule has 0 saturated heterocycles. The lowest BCUT2D eigenvalue weighted by atomic mass is 9.99. The third kappa shape index (κ3) is 2.25. The van der Waals surface area contributed by atoms with Crippen LogP contribution in [0.2, 0.25) is 0 Å². The minimum absolute atomic E-state index is 0.115. The van der Waals surface area contributed by atoms with Crippen molar-refractivity contribution in [2.24, 2.45) is 0 Å². The van der Waals surface area contributed by atoms with E-state index in [0.29, 0.717) is 10.8 Å². The SMILES string of the molecule is CN(C)c1cccc(-c2c[nH]c(=O)c3cccc(O)c23)c1. The molecule has 21 heavy (non-hydrogen) atoms. The number of pyridine rings is 1. The van der Waals surface area contributed by atoms with Gasteiger partial charge in [0, 0.05) is 36.9 Å². The number of hydrogen-bond acceptors (Lipinski definition) is 3. The van der Waals surface area contributed by atoms with Crippen LogP contribution in [0, 0.1) is 0 Å². The minimum atomic E-state index is -0.201. The summed E-state index contributed by atoms with van der Waals surface area (Å²) in [6.45, 7) is 0. The zero-order chi connectivity index (χ0) is 15.0. The third-order valence-electron chi connectivity index (χ3n) is 3.58. The first-order valence-corrected chi connectivity index (χ1v) is 6.69. The lowest BCUT2D eigenvalue weighted by Crippen LogP contribution is -2.08. The Labute approximate surface area is 122 Å². The predicted molar refractivity (Wildman–Crippen MR) is 86.0 cm³/mol. The summed E-state index contributed by atoms with van der Waals surface area (Å²) in [7, 11) is 3.95. The van der Waals surface area contributed by atoms with Gasteiger partial charge in [-0.3, -0.25) is 4.79 Å².